The summed E-state index contributed by atoms with van der Waals surface area (Å²) in [7, 11) is 0. The number of nitrogens with two attached hydrogens (primary N) is 1. The predicted octanol–water partition coefficient (Wildman–Crippen LogP) is 2.04. The molecule has 1 fully saturated rings. The monoisotopic (exact) mass is 248 g/mol. The second-order valence-electron chi connectivity index (χ2n) is 5.42. The molecule has 1 aliphatic heterocycles. The molecule has 0 radical (unpaired) electrons. The lowest BCUT2D eigenvalue weighted by atomic mass is 10.1. The van der Waals surface area contributed by atoms with E-state index in [0.29, 0.717) is 12.0 Å². The van der Waals surface area contributed by atoms with Crippen molar-refractivity contribution in [3.05, 3.63) is 29.8 Å². The standard InChI is InChI=1S/C15H24N2O/c1-12-5-3-6-14(9-12)18-8-4-7-17-10-13(2)15(16)11-17/h3,5-6,9,13,15H,4,7-8,10-11,16H2,1-2H3. The van der Waals surface area contributed by atoms with Crippen molar-refractivity contribution >= 4 is 0 Å². The number of hydrogen-bond acceptors (Lipinski definition) is 3. The third-order valence-corrected chi connectivity index (χ3v) is 3.62. The summed E-state index contributed by atoms with van der Waals surface area (Å²) in [4.78, 5) is 2.44. The van der Waals surface area contributed by atoms with Gasteiger partial charge >= 0.3 is 0 Å². The molecule has 3 nitrogen and oxygen atoms in total. The smallest absolute Gasteiger partial charge is 0.119 e. The Balaban J connectivity index is 1.65. The van der Waals surface area contributed by atoms with E-state index in [1.54, 1.807) is 0 Å². The molecule has 0 saturated carbocycles. The van der Waals surface area contributed by atoms with Gasteiger partial charge in [0.2, 0.25) is 0 Å². The van der Waals surface area contributed by atoms with Crippen LogP contribution < -0.4 is 10.5 Å². The third-order valence-electron chi connectivity index (χ3n) is 3.62. The molecular formula is C15H24N2O. The highest BCUT2D eigenvalue weighted by molar-refractivity contribution is 5.27. The number of rotatable bonds is 5. The van der Waals surface area contributed by atoms with E-state index < -0.39 is 0 Å². The van der Waals surface area contributed by atoms with Gasteiger partial charge in [-0.3, -0.25) is 0 Å². The van der Waals surface area contributed by atoms with Crippen molar-refractivity contribution < 1.29 is 4.74 Å². The van der Waals surface area contributed by atoms with Gasteiger partial charge in [0.1, 0.15) is 5.75 Å². The first-order valence-corrected chi connectivity index (χ1v) is 6.82. The minimum atomic E-state index is 0.350. The van der Waals surface area contributed by atoms with Crippen LogP contribution in [0, 0.1) is 12.8 Å². The number of likely N-dealkylation sites (tertiary alicyclic amines) is 1. The van der Waals surface area contributed by atoms with Crippen LogP contribution in [0.25, 0.3) is 0 Å². The number of hydrogen-bond donors (Lipinski definition) is 1. The topological polar surface area (TPSA) is 38.5 Å². The van der Waals surface area contributed by atoms with E-state index in [-0.39, 0.29) is 0 Å². The molecule has 100 valence electrons. The van der Waals surface area contributed by atoms with Gasteiger partial charge in [0.05, 0.1) is 6.61 Å². The molecule has 0 spiro atoms. The maximum Gasteiger partial charge on any atom is 0.119 e. The zero-order valence-corrected chi connectivity index (χ0v) is 11.4. The van der Waals surface area contributed by atoms with Gasteiger partial charge in [-0.25, -0.2) is 0 Å². The Kier molecular flexibility index (Phi) is 4.61. The van der Waals surface area contributed by atoms with E-state index in [0.717, 1.165) is 38.4 Å². The highest BCUT2D eigenvalue weighted by atomic mass is 16.5. The van der Waals surface area contributed by atoms with Crippen LogP contribution in [0.15, 0.2) is 24.3 Å². The molecule has 1 aromatic carbocycles. The highest BCUT2D eigenvalue weighted by Gasteiger charge is 2.25. The van der Waals surface area contributed by atoms with Gasteiger partial charge in [-0.1, -0.05) is 19.1 Å². The molecule has 0 amide bonds. The number of benzene rings is 1. The molecule has 1 saturated heterocycles. The van der Waals surface area contributed by atoms with Gasteiger partial charge in [0, 0.05) is 25.7 Å². The van der Waals surface area contributed by atoms with Gasteiger partial charge in [-0.05, 0) is 37.0 Å². The average molecular weight is 248 g/mol. The van der Waals surface area contributed by atoms with Crippen LogP contribution in [0.2, 0.25) is 0 Å². The van der Waals surface area contributed by atoms with E-state index in [2.05, 4.69) is 30.9 Å². The Labute approximate surface area is 110 Å². The fraction of sp³-hybridized carbons (Fsp3) is 0.600. The minimum absolute atomic E-state index is 0.350. The molecular weight excluding hydrogens is 224 g/mol. The summed E-state index contributed by atoms with van der Waals surface area (Å²) in [6.45, 7) is 8.35. The summed E-state index contributed by atoms with van der Waals surface area (Å²) in [5.74, 6) is 1.60. The number of nitrogens with zero attached hydrogens (tertiary/aromatic N) is 1. The van der Waals surface area contributed by atoms with Crippen LogP contribution in [0.4, 0.5) is 0 Å². The normalized spacial score (nSPS) is 24.4. The summed E-state index contributed by atoms with van der Waals surface area (Å²) in [5.41, 5.74) is 7.25. The molecule has 0 bridgehead atoms. The van der Waals surface area contributed by atoms with Gasteiger partial charge in [-0.15, -0.1) is 0 Å². The first kappa shape index (κ1) is 13.4. The van der Waals surface area contributed by atoms with Crippen LogP contribution in [-0.4, -0.2) is 37.2 Å². The van der Waals surface area contributed by atoms with Crippen molar-refractivity contribution in [3.63, 3.8) is 0 Å². The van der Waals surface area contributed by atoms with Crippen LogP contribution in [0.3, 0.4) is 0 Å². The maximum atomic E-state index is 6.01. The number of aryl methyl sites for hydroxylation is 1. The van der Waals surface area contributed by atoms with Gasteiger partial charge in [0.25, 0.3) is 0 Å². The summed E-state index contributed by atoms with van der Waals surface area (Å²) in [5, 5.41) is 0. The predicted molar refractivity (Wildman–Crippen MR) is 74.9 cm³/mol. The molecule has 2 N–H and O–H groups in total. The van der Waals surface area contributed by atoms with Crippen molar-refractivity contribution in [2.45, 2.75) is 26.3 Å². The fourth-order valence-corrected chi connectivity index (χ4v) is 2.46. The molecule has 0 aliphatic carbocycles. The average Bonchev–Trinajstić information content (AvgIpc) is 2.65. The van der Waals surface area contributed by atoms with E-state index in [9.17, 15) is 0 Å². The molecule has 1 heterocycles. The second-order valence-corrected chi connectivity index (χ2v) is 5.42. The molecule has 0 aromatic heterocycles. The van der Waals surface area contributed by atoms with Crippen molar-refractivity contribution in [1.29, 1.82) is 0 Å². The lowest BCUT2D eigenvalue weighted by Gasteiger charge is -2.15. The molecule has 18 heavy (non-hydrogen) atoms. The Morgan fingerprint density at radius 3 is 2.89 bits per heavy atom. The van der Waals surface area contributed by atoms with Crippen LogP contribution in [-0.2, 0) is 0 Å². The summed E-state index contributed by atoms with van der Waals surface area (Å²) in [6, 6.07) is 8.56. The molecule has 1 aromatic rings. The SMILES string of the molecule is Cc1cccc(OCCCN2CC(C)C(N)C2)c1. The van der Waals surface area contributed by atoms with Crippen LogP contribution in [0.1, 0.15) is 18.9 Å². The Bertz CT molecular complexity index is 371. The van der Waals surface area contributed by atoms with Crippen LogP contribution in [0.5, 0.6) is 5.75 Å². The Morgan fingerprint density at radius 1 is 1.39 bits per heavy atom. The molecule has 3 heteroatoms. The Morgan fingerprint density at radius 2 is 2.22 bits per heavy atom. The first-order valence-electron chi connectivity index (χ1n) is 6.82. The molecule has 2 rings (SSSR count). The van der Waals surface area contributed by atoms with Gasteiger partial charge in [-0.2, -0.15) is 0 Å². The lowest BCUT2D eigenvalue weighted by molar-refractivity contribution is 0.259. The molecule has 1 aliphatic rings. The minimum Gasteiger partial charge on any atom is -0.494 e. The fourth-order valence-electron chi connectivity index (χ4n) is 2.46. The van der Waals surface area contributed by atoms with Crippen molar-refractivity contribution in [2.24, 2.45) is 11.7 Å². The van der Waals surface area contributed by atoms with E-state index in [1.807, 2.05) is 12.1 Å². The van der Waals surface area contributed by atoms with Crippen molar-refractivity contribution in [1.82, 2.24) is 4.90 Å². The quantitative estimate of drug-likeness (QED) is 0.810. The summed E-state index contributed by atoms with van der Waals surface area (Å²) < 4.78 is 5.74. The third kappa shape index (κ3) is 3.72. The van der Waals surface area contributed by atoms with Gasteiger partial charge < -0.3 is 15.4 Å². The first-order chi connectivity index (χ1) is 8.65. The van der Waals surface area contributed by atoms with Crippen molar-refractivity contribution in [3.8, 4) is 5.75 Å². The van der Waals surface area contributed by atoms with E-state index in [4.69, 9.17) is 10.5 Å². The largest absolute Gasteiger partial charge is 0.494 e. The number of ether oxygens (including phenoxy) is 1. The van der Waals surface area contributed by atoms with E-state index in [1.165, 1.54) is 5.56 Å². The van der Waals surface area contributed by atoms with Crippen molar-refractivity contribution in [2.75, 3.05) is 26.2 Å². The summed E-state index contributed by atoms with van der Waals surface area (Å²) >= 11 is 0. The van der Waals surface area contributed by atoms with E-state index >= 15 is 0 Å². The van der Waals surface area contributed by atoms with Crippen LogP contribution >= 0.6 is 0 Å². The zero-order valence-electron chi connectivity index (χ0n) is 11.4. The zero-order chi connectivity index (χ0) is 13.0. The highest BCUT2D eigenvalue weighted by Crippen LogP contribution is 2.15. The molecule has 2 atom stereocenters. The maximum absolute atomic E-state index is 6.01. The molecule has 2 unspecified atom stereocenters. The second kappa shape index (κ2) is 6.21. The van der Waals surface area contributed by atoms with Gasteiger partial charge in [0.15, 0.2) is 0 Å². The Hall–Kier alpha value is -1.06. The summed E-state index contributed by atoms with van der Waals surface area (Å²) in [6.07, 6.45) is 1.06. The lowest BCUT2D eigenvalue weighted by Crippen LogP contribution is -2.29.